The van der Waals surface area contributed by atoms with Gasteiger partial charge in [0.25, 0.3) is 0 Å². The van der Waals surface area contributed by atoms with Crippen molar-refractivity contribution in [3.05, 3.63) is 34.3 Å². The number of nitrogens with two attached hydrogens (primary N) is 1. The molecule has 2 N–H and O–H groups in total. The smallest absolute Gasteiger partial charge is 0.222 e. The van der Waals surface area contributed by atoms with Gasteiger partial charge < -0.3 is 10.5 Å². The Morgan fingerprint density at radius 1 is 1.44 bits per heavy atom. The molecule has 2 aromatic heterocycles. The van der Waals surface area contributed by atoms with Crippen molar-refractivity contribution in [3.63, 3.8) is 0 Å². The lowest BCUT2D eigenvalue weighted by Crippen LogP contribution is -2.04. The summed E-state index contributed by atoms with van der Waals surface area (Å²) in [6.07, 6.45) is 2.20. The topological polar surface area (TPSA) is 61.0 Å². The van der Waals surface area contributed by atoms with Crippen LogP contribution in [0.1, 0.15) is 17.4 Å². The number of aromatic nitrogens is 2. The van der Waals surface area contributed by atoms with E-state index in [1.807, 2.05) is 24.4 Å². The van der Waals surface area contributed by atoms with Gasteiger partial charge in [-0.2, -0.15) is 0 Å². The van der Waals surface area contributed by atoms with E-state index in [4.69, 9.17) is 10.5 Å². The number of hydrogen-bond donors (Lipinski definition) is 1. The Labute approximate surface area is 98.1 Å². The fourth-order valence-electron chi connectivity index (χ4n) is 1.40. The number of thiophene rings is 1. The Morgan fingerprint density at radius 3 is 3.00 bits per heavy atom. The molecule has 2 aromatic rings. The predicted octanol–water partition coefficient (Wildman–Crippen LogP) is 2.26. The molecule has 0 aliphatic heterocycles. The molecule has 0 aliphatic carbocycles. The Kier molecular flexibility index (Phi) is 3.36. The predicted molar refractivity (Wildman–Crippen MR) is 64.5 cm³/mol. The maximum atomic E-state index is 5.75. The second-order valence-electron chi connectivity index (χ2n) is 3.26. The van der Waals surface area contributed by atoms with Gasteiger partial charge in [0.15, 0.2) is 0 Å². The van der Waals surface area contributed by atoms with Gasteiger partial charge in [0.05, 0.1) is 5.56 Å². The van der Waals surface area contributed by atoms with E-state index in [-0.39, 0.29) is 0 Å². The first-order chi connectivity index (χ1) is 7.81. The Bertz CT molecular complexity index is 456. The second-order valence-corrected chi connectivity index (χ2v) is 4.30. The third-order valence-electron chi connectivity index (χ3n) is 2.22. The molecule has 16 heavy (non-hydrogen) atoms. The summed E-state index contributed by atoms with van der Waals surface area (Å²) in [5.41, 5.74) is 6.63. The minimum atomic E-state index is 0.499. The van der Waals surface area contributed by atoms with Gasteiger partial charge in [-0.15, -0.1) is 11.3 Å². The zero-order valence-corrected chi connectivity index (χ0v) is 9.83. The summed E-state index contributed by atoms with van der Waals surface area (Å²) in [5, 5.41) is 2.02. The van der Waals surface area contributed by atoms with Crippen LogP contribution >= 0.6 is 11.3 Å². The van der Waals surface area contributed by atoms with E-state index in [1.54, 1.807) is 11.3 Å². The number of nitrogens with zero attached hydrogens (tertiary/aromatic N) is 2. The van der Waals surface area contributed by atoms with Gasteiger partial charge in [0.1, 0.15) is 18.8 Å². The highest BCUT2D eigenvalue weighted by molar-refractivity contribution is 7.09. The van der Waals surface area contributed by atoms with Crippen molar-refractivity contribution in [2.24, 2.45) is 0 Å². The Balaban J connectivity index is 2.12. The SMILES string of the molecule is CCc1c(N)ncnc1OCc1cccs1. The molecule has 4 nitrogen and oxygen atoms in total. The average Bonchev–Trinajstić information content (AvgIpc) is 2.79. The van der Waals surface area contributed by atoms with Gasteiger partial charge in [-0.3, -0.25) is 0 Å². The van der Waals surface area contributed by atoms with E-state index < -0.39 is 0 Å². The first-order valence-corrected chi connectivity index (χ1v) is 5.93. The van der Waals surface area contributed by atoms with Crippen LogP contribution < -0.4 is 10.5 Å². The molecule has 0 saturated heterocycles. The fraction of sp³-hybridized carbons (Fsp3) is 0.273. The molecule has 0 fully saturated rings. The third-order valence-corrected chi connectivity index (χ3v) is 3.07. The highest BCUT2D eigenvalue weighted by Gasteiger charge is 2.08. The molecule has 0 aliphatic rings. The number of rotatable bonds is 4. The lowest BCUT2D eigenvalue weighted by molar-refractivity contribution is 0.293. The van der Waals surface area contributed by atoms with Gasteiger partial charge in [0.2, 0.25) is 5.88 Å². The van der Waals surface area contributed by atoms with Crippen molar-refractivity contribution in [2.75, 3.05) is 5.73 Å². The van der Waals surface area contributed by atoms with E-state index in [0.717, 1.165) is 12.0 Å². The molecule has 0 amide bonds. The number of nitrogen functional groups attached to an aromatic ring is 1. The average molecular weight is 235 g/mol. The largest absolute Gasteiger partial charge is 0.472 e. The van der Waals surface area contributed by atoms with Crippen molar-refractivity contribution < 1.29 is 4.74 Å². The van der Waals surface area contributed by atoms with E-state index in [0.29, 0.717) is 18.3 Å². The van der Waals surface area contributed by atoms with Crippen LogP contribution in [-0.4, -0.2) is 9.97 Å². The van der Waals surface area contributed by atoms with Gasteiger partial charge in [-0.05, 0) is 17.9 Å². The van der Waals surface area contributed by atoms with Gasteiger partial charge >= 0.3 is 0 Å². The van der Waals surface area contributed by atoms with E-state index in [9.17, 15) is 0 Å². The first-order valence-electron chi connectivity index (χ1n) is 5.05. The highest BCUT2D eigenvalue weighted by atomic mass is 32.1. The van der Waals surface area contributed by atoms with E-state index in [2.05, 4.69) is 9.97 Å². The lowest BCUT2D eigenvalue weighted by atomic mass is 10.2. The molecule has 0 bridgehead atoms. The van der Waals surface area contributed by atoms with Crippen molar-refractivity contribution in [2.45, 2.75) is 20.0 Å². The summed E-state index contributed by atoms with van der Waals surface area (Å²) in [7, 11) is 0. The summed E-state index contributed by atoms with van der Waals surface area (Å²) >= 11 is 1.66. The van der Waals surface area contributed by atoms with Crippen LogP contribution in [0.3, 0.4) is 0 Å². The summed E-state index contributed by atoms with van der Waals surface area (Å²) in [4.78, 5) is 9.21. The Hall–Kier alpha value is -1.62. The molecule has 0 saturated carbocycles. The zero-order chi connectivity index (χ0) is 11.4. The van der Waals surface area contributed by atoms with Gasteiger partial charge in [-0.1, -0.05) is 13.0 Å². The van der Waals surface area contributed by atoms with Crippen LogP contribution in [0.15, 0.2) is 23.8 Å². The van der Waals surface area contributed by atoms with Crippen molar-refractivity contribution in [1.29, 1.82) is 0 Å². The minimum Gasteiger partial charge on any atom is -0.472 e. The van der Waals surface area contributed by atoms with Crippen LogP contribution in [0.25, 0.3) is 0 Å². The van der Waals surface area contributed by atoms with E-state index in [1.165, 1.54) is 11.2 Å². The van der Waals surface area contributed by atoms with Gasteiger partial charge in [-0.25, -0.2) is 9.97 Å². The molecule has 84 valence electrons. The van der Waals surface area contributed by atoms with Crippen LogP contribution in [0.2, 0.25) is 0 Å². The molecule has 0 radical (unpaired) electrons. The minimum absolute atomic E-state index is 0.499. The molecule has 0 spiro atoms. The first kappa shape index (κ1) is 10.9. The lowest BCUT2D eigenvalue weighted by Gasteiger charge is -2.09. The molecule has 2 rings (SSSR count). The molecular weight excluding hydrogens is 222 g/mol. The monoisotopic (exact) mass is 235 g/mol. The molecular formula is C11H13N3OS. The summed E-state index contributed by atoms with van der Waals surface area (Å²) in [6, 6.07) is 4.03. The van der Waals surface area contributed by atoms with Crippen LogP contribution in [-0.2, 0) is 13.0 Å². The number of ether oxygens (including phenoxy) is 1. The quantitative estimate of drug-likeness (QED) is 0.883. The number of anilines is 1. The van der Waals surface area contributed by atoms with Crippen LogP contribution in [0.5, 0.6) is 5.88 Å². The van der Waals surface area contributed by atoms with Crippen molar-refractivity contribution in [3.8, 4) is 5.88 Å². The number of hydrogen-bond acceptors (Lipinski definition) is 5. The van der Waals surface area contributed by atoms with Crippen LogP contribution in [0.4, 0.5) is 5.82 Å². The zero-order valence-electron chi connectivity index (χ0n) is 9.01. The maximum Gasteiger partial charge on any atom is 0.222 e. The van der Waals surface area contributed by atoms with E-state index >= 15 is 0 Å². The Morgan fingerprint density at radius 2 is 2.31 bits per heavy atom. The standard InChI is InChI=1S/C11H13N3OS/c1-2-9-10(12)13-7-14-11(9)15-6-8-4-3-5-16-8/h3-5,7H,2,6H2,1H3,(H2,12,13,14). The van der Waals surface area contributed by atoms with Gasteiger partial charge in [0, 0.05) is 4.88 Å². The molecule has 0 atom stereocenters. The van der Waals surface area contributed by atoms with Crippen molar-refractivity contribution >= 4 is 17.2 Å². The molecule has 5 heteroatoms. The highest BCUT2D eigenvalue weighted by Crippen LogP contribution is 2.21. The fourth-order valence-corrected chi connectivity index (χ4v) is 2.02. The second kappa shape index (κ2) is 4.94. The summed E-state index contributed by atoms with van der Waals surface area (Å²) < 4.78 is 5.63. The van der Waals surface area contributed by atoms with Crippen LogP contribution in [0, 0.1) is 0 Å². The summed E-state index contributed by atoms with van der Waals surface area (Å²) in [5.74, 6) is 1.09. The maximum absolute atomic E-state index is 5.75. The van der Waals surface area contributed by atoms with Crippen molar-refractivity contribution in [1.82, 2.24) is 9.97 Å². The summed E-state index contributed by atoms with van der Waals surface area (Å²) in [6.45, 7) is 2.54. The molecule has 0 aromatic carbocycles. The normalized spacial score (nSPS) is 10.3. The molecule has 0 unspecified atom stereocenters. The molecule has 2 heterocycles. The third kappa shape index (κ3) is 2.30.